The molecule has 0 atom stereocenters. The number of aromatic nitrogens is 5. The second-order valence-electron chi connectivity index (χ2n) is 7.00. The highest BCUT2D eigenvalue weighted by molar-refractivity contribution is 7.98. The van der Waals surface area contributed by atoms with Crippen LogP contribution in [0.25, 0.3) is 17.0 Å². The van der Waals surface area contributed by atoms with E-state index >= 15 is 0 Å². The van der Waals surface area contributed by atoms with Gasteiger partial charge >= 0.3 is 0 Å². The van der Waals surface area contributed by atoms with Gasteiger partial charge in [0, 0.05) is 23.6 Å². The molecule has 0 N–H and O–H groups in total. The molecule has 0 aliphatic heterocycles. The minimum absolute atomic E-state index is 0.109. The Balaban J connectivity index is 1.46. The predicted molar refractivity (Wildman–Crippen MR) is 121 cm³/mol. The highest BCUT2D eigenvalue weighted by atomic mass is 32.2. The molecular weight excluding hydrogens is 426 g/mol. The highest BCUT2D eigenvalue weighted by Gasteiger charge is 2.17. The topological polar surface area (TPSA) is 87.5 Å². The third kappa shape index (κ3) is 4.02. The summed E-state index contributed by atoms with van der Waals surface area (Å²) < 4.78 is 14.3. The molecule has 0 aliphatic rings. The average molecular weight is 446 g/mol. The quantitative estimate of drug-likeness (QED) is 0.351. The van der Waals surface area contributed by atoms with Gasteiger partial charge in [-0.25, -0.2) is 4.98 Å². The second-order valence-corrected chi connectivity index (χ2v) is 7.95. The fourth-order valence-corrected chi connectivity index (χ4v) is 4.20. The van der Waals surface area contributed by atoms with E-state index in [2.05, 4.69) is 15.2 Å². The van der Waals surface area contributed by atoms with Crippen LogP contribution < -0.4 is 10.3 Å². The van der Waals surface area contributed by atoms with E-state index in [4.69, 9.17) is 9.15 Å². The van der Waals surface area contributed by atoms with Crippen molar-refractivity contribution in [3.63, 3.8) is 0 Å². The predicted octanol–water partition coefficient (Wildman–Crippen LogP) is 3.90. The van der Waals surface area contributed by atoms with Crippen LogP contribution in [0.15, 0.2) is 87.5 Å². The summed E-state index contributed by atoms with van der Waals surface area (Å²) in [7, 11) is 1.63. The second kappa shape index (κ2) is 8.72. The lowest BCUT2D eigenvalue weighted by Crippen LogP contribution is -2.14. The largest absolute Gasteiger partial charge is 0.497 e. The van der Waals surface area contributed by atoms with Crippen molar-refractivity contribution in [1.29, 1.82) is 0 Å². The van der Waals surface area contributed by atoms with Crippen molar-refractivity contribution in [2.24, 2.45) is 0 Å². The first-order valence-corrected chi connectivity index (χ1v) is 10.9. The number of hydrogen-bond donors (Lipinski definition) is 0. The first kappa shape index (κ1) is 20.1. The normalized spacial score (nSPS) is 11.2. The molecule has 0 fully saturated rings. The fourth-order valence-electron chi connectivity index (χ4n) is 3.37. The molecule has 0 saturated carbocycles. The zero-order valence-electron chi connectivity index (χ0n) is 17.2. The van der Waals surface area contributed by atoms with E-state index < -0.39 is 0 Å². The monoisotopic (exact) mass is 445 g/mol. The van der Waals surface area contributed by atoms with E-state index in [9.17, 15) is 4.79 Å². The molecule has 160 valence electrons. The van der Waals surface area contributed by atoms with Gasteiger partial charge in [-0.05, 0) is 48.5 Å². The number of fused-ring (bicyclic) bond motifs is 1. The number of methoxy groups -OCH3 is 1. The summed E-state index contributed by atoms with van der Waals surface area (Å²) in [5.41, 5.74) is 2.11. The van der Waals surface area contributed by atoms with Crippen molar-refractivity contribution in [3.8, 4) is 17.1 Å². The molecule has 8 nitrogen and oxygen atoms in total. The third-order valence-electron chi connectivity index (χ3n) is 4.93. The van der Waals surface area contributed by atoms with Crippen molar-refractivity contribution >= 4 is 17.4 Å². The molecule has 0 spiro atoms. The van der Waals surface area contributed by atoms with E-state index in [0.29, 0.717) is 28.8 Å². The molecule has 4 aromatic heterocycles. The van der Waals surface area contributed by atoms with Crippen molar-refractivity contribution in [2.45, 2.75) is 17.5 Å². The number of furan rings is 1. The minimum atomic E-state index is -0.109. The molecular formula is C23H19N5O3S. The molecule has 9 heteroatoms. The van der Waals surface area contributed by atoms with E-state index in [1.54, 1.807) is 25.6 Å². The summed E-state index contributed by atoms with van der Waals surface area (Å²) in [6, 6.07) is 18.5. The van der Waals surface area contributed by atoms with Crippen LogP contribution in [0.3, 0.4) is 0 Å². The lowest BCUT2D eigenvalue weighted by molar-refractivity contribution is 0.415. The molecule has 0 aliphatic carbocycles. The van der Waals surface area contributed by atoms with Crippen LogP contribution in [0.1, 0.15) is 11.5 Å². The number of rotatable bonds is 7. The molecule has 4 heterocycles. The molecule has 0 saturated heterocycles. The summed E-state index contributed by atoms with van der Waals surface area (Å²) in [5.74, 6) is 2.77. The van der Waals surface area contributed by atoms with Gasteiger partial charge in [0.2, 0.25) is 0 Å². The van der Waals surface area contributed by atoms with Gasteiger partial charge in [0.1, 0.15) is 17.2 Å². The Morgan fingerprint density at radius 2 is 1.94 bits per heavy atom. The fraction of sp³-hybridized carbons (Fsp3) is 0.130. The molecule has 0 amide bonds. The Hall–Kier alpha value is -3.85. The molecule has 32 heavy (non-hydrogen) atoms. The SMILES string of the molecule is COc1ccc(-c2nnc(SCc3cc(=O)n4ccccc4n3)n2Cc2ccco2)cc1. The average Bonchev–Trinajstić information content (AvgIpc) is 3.48. The summed E-state index contributed by atoms with van der Waals surface area (Å²) in [6.45, 7) is 0.484. The Morgan fingerprint density at radius 3 is 2.72 bits per heavy atom. The van der Waals surface area contributed by atoms with Crippen molar-refractivity contribution in [3.05, 3.63) is 94.9 Å². The van der Waals surface area contributed by atoms with Crippen LogP contribution in [0.5, 0.6) is 5.75 Å². The lowest BCUT2D eigenvalue weighted by Gasteiger charge is -2.09. The lowest BCUT2D eigenvalue weighted by atomic mass is 10.2. The molecule has 0 bridgehead atoms. The Kier molecular flexibility index (Phi) is 5.47. The van der Waals surface area contributed by atoms with Gasteiger partial charge in [0.25, 0.3) is 5.56 Å². The van der Waals surface area contributed by atoms with E-state index in [1.807, 2.05) is 59.2 Å². The van der Waals surface area contributed by atoms with Gasteiger partial charge in [-0.3, -0.25) is 13.8 Å². The Morgan fingerprint density at radius 1 is 1.06 bits per heavy atom. The maximum Gasteiger partial charge on any atom is 0.258 e. The zero-order chi connectivity index (χ0) is 21.9. The summed E-state index contributed by atoms with van der Waals surface area (Å²) in [4.78, 5) is 17.0. The van der Waals surface area contributed by atoms with Gasteiger partial charge in [-0.1, -0.05) is 17.8 Å². The number of hydrogen-bond acceptors (Lipinski definition) is 7. The maximum atomic E-state index is 12.4. The van der Waals surface area contributed by atoms with Crippen LogP contribution in [0, 0.1) is 0 Å². The van der Waals surface area contributed by atoms with Gasteiger partial charge in [-0.2, -0.15) is 0 Å². The molecule has 1 aromatic carbocycles. The molecule has 5 rings (SSSR count). The van der Waals surface area contributed by atoms with Gasteiger partial charge in [-0.15, -0.1) is 10.2 Å². The zero-order valence-corrected chi connectivity index (χ0v) is 18.0. The van der Waals surface area contributed by atoms with E-state index in [0.717, 1.165) is 22.9 Å². The number of pyridine rings is 1. The standard InChI is InChI=1S/C23H19N5O3S/c1-30-18-9-7-16(8-10-18)22-25-26-23(28(22)14-19-5-4-12-31-19)32-15-17-13-21(29)27-11-3-2-6-20(27)24-17/h2-13H,14-15H2,1H3. The minimum Gasteiger partial charge on any atom is -0.497 e. The van der Waals surface area contributed by atoms with Crippen LogP contribution >= 0.6 is 11.8 Å². The smallest absolute Gasteiger partial charge is 0.258 e. The van der Waals surface area contributed by atoms with E-state index in [1.165, 1.54) is 16.2 Å². The molecule has 0 unspecified atom stereocenters. The maximum absolute atomic E-state index is 12.4. The van der Waals surface area contributed by atoms with Crippen LogP contribution in [-0.2, 0) is 12.3 Å². The number of thioether (sulfide) groups is 1. The van der Waals surface area contributed by atoms with Gasteiger partial charge in [0.15, 0.2) is 11.0 Å². The first-order chi connectivity index (χ1) is 15.7. The van der Waals surface area contributed by atoms with Gasteiger partial charge in [0.05, 0.1) is 25.6 Å². The summed E-state index contributed by atoms with van der Waals surface area (Å²) in [6.07, 6.45) is 3.36. The van der Waals surface area contributed by atoms with Crippen LogP contribution in [0.2, 0.25) is 0 Å². The number of nitrogens with zero attached hydrogens (tertiary/aromatic N) is 5. The Bertz CT molecular complexity index is 1410. The first-order valence-electron chi connectivity index (χ1n) is 9.91. The third-order valence-corrected chi connectivity index (χ3v) is 5.93. The number of ether oxygens (including phenoxy) is 1. The Labute approximate surface area is 187 Å². The summed E-state index contributed by atoms with van der Waals surface area (Å²) >= 11 is 1.47. The summed E-state index contributed by atoms with van der Waals surface area (Å²) in [5, 5.41) is 9.54. The van der Waals surface area contributed by atoms with Crippen LogP contribution in [-0.4, -0.2) is 31.3 Å². The molecule has 5 aromatic rings. The van der Waals surface area contributed by atoms with E-state index in [-0.39, 0.29) is 5.56 Å². The number of benzene rings is 1. The van der Waals surface area contributed by atoms with Crippen LogP contribution in [0.4, 0.5) is 0 Å². The van der Waals surface area contributed by atoms with Crippen molar-refractivity contribution in [2.75, 3.05) is 7.11 Å². The van der Waals surface area contributed by atoms with Gasteiger partial charge < -0.3 is 9.15 Å². The highest BCUT2D eigenvalue weighted by Crippen LogP contribution is 2.28. The molecule has 0 radical (unpaired) electrons. The van der Waals surface area contributed by atoms with Crippen molar-refractivity contribution < 1.29 is 9.15 Å². The van der Waals surface area contributed by atoms with Crippen molar-refractivity contribution in [1.82, 2.24) is 24.1 Å².